The molecule has 13 heavy (non-hydrogen) atoms. The highest BCUT2D eigenvalue weighted by Crippen LogP contribution is 2.28. The molecule has 0 aliphatic heterocycles. The van der Waals surface area contributed by atoms with E-state index in [0.29, 0.717) is 0 Å². The van der Waals surface area contributed by atoms with Gasteiger partial charge >= 0.3 is 10.2 Å². The van der Waals surface area contributed by atoms with E-state index < -0.39 is 15.1 Å². The van der Waals surface area contributed by atoms with Crippen LogP contribution in [0.5, 0.6) is 11.5 Å². The van der Waals surface area contributed by atoms with Gasteiger partial charge in [0.05, 0.1) is 7.11 Å². The molecule has 0 saturated heterocycles. The zero-order valence-electron chi connectivity index (χ0n) is 6.69. The topological polar surface area (TPSA) is 63.6 Å². The van der Waals surface area contributed by atoms with E-state index in [1.807, 2.05) is 0 Å². The Hall–Kier alpha value is -1.30. The number of ether oxygens (including phenoxy) is 1. The fraction of sp³-hybridized carbons (Fsp3) is 0.143. The maximum absolute atomic E-state index is 12.4. The summed E-state index contributed by atoms with van der Waals surface area (Å²) >= 11 is 0. The molecule has 1 aromatic rings. The van der Waals surface area contributed by atoms with E-state index in [2.05, 4.69) is 4.74 Å². The Morgan fingerprint density at radius 2 is 2.08 bits per heavy atom. The number of hydrogen-bond donors (Lipinski definition) is 1. The number of rotatable bonds is 2. The molecule has 0 saturated carbocycles. The lowest BCUT2D eigenvalue weighted by atomic mass is 10.3. The molecule has 0 aliphatic rings. The van der Waals surface area contributed by atoms with Crippen molar-refractivity contribution in [1.29, 1.82) is 0 Å². The second-order valence-electron chi connectivity index (χ2n) is 2.27. The van der Waals surface area contributed by atoms with Crippen LogP contribution < -0.4 is 4.74 Å². The molecular weight excluding hydrogens is 199 g/mol. The lowest BCUT2D eigenvalue weighted by Crippen LogP contribution is -1.93. The Labute approximate surface area is 74.8 Å². The Morgan fingerprint density at radius 1 is 1.46 bits per heavy atom. The molecular formula is C7H7FO4S. The summed E-state index contributed by atoms with van der Waals surface area (Å²) in [7, 11) is -3.50. The molecule has 1 N–H and O–H groups in total. The van der Waals surface area contributed by atoms with E-state index in [9.17, 15) is 12.3 Å². The minimum absolute atomic E-state index is 0.0845. The number of hydrogen-bond acceptors (Lipinski definition) is 4. The lowest BCUT2D eigenvalue weighted by molar-refractivity contribution is 0.372. The number of phenols is 1. The summed E-state index contributed by atoms with van der Waals surface area (Å²) in [4.78, 5) is -0.540. The molecule has 0 heterocycles. The minimum Gasteiger partial charge on any atom is -0.504 e. The third kappa shape index (κ3) is 2.09. The van der Waals surface area contributed by atoms with Crippen molar-refractivity contribution in [3.05, 3.63) is 18.2 Å². The molecule has 0 amide bonds. The molecule has 1 rings (SSSR count). The summed E-state index contributed by atoms with van der Waals surface area (Å²) in [6.07, 6.45) is 0. The molecule has 0 radical (unpaired) electrons. The van der Waals surface area contributed by atoms with Crippen LogP contribution in [0.3, 0.4) is 0 Å². The van der Waals surface area contributed by atoms with Gasteiger partial charge in [0.2, 0.25) is 0 Å². The van der Waals surface area contributed by atoms with Crippen molar-refractivity contribution in [2.75, 3.05) is 7.11 Å². The van der Waals surface area contributed by atoms with Gasteiger partial charge in [0, 0.05) is 6.07 Å². The monoisotopic (exact) mass is 206 g/mol. The summed E-state index contributed by atoms with van der Waals surface area (Å²) in [6.45, 7) is 0. The van der Waals surface area contributed by atoms with Gasteiger partial charge in [0.25, 0.3) is 0 Å². The standard InChI is InChI=1S/C7H7FO4S/c1-12-7-4-5(13(8,10)11)2-3-6(7)9/h2-4,9H,1H3. The highest BCUT2D eigenvalue weighted by Gasteiger charge is 2.14. The van der Waals surface area contributed by atoms with E-state index >= 15 is 0 Å². The van der Waals surface area contributed by atoms with Crippen LogP contribution in [0.2, 0.25) is 0 Å². The maximum atomic E-state index is 12.4. The van der Waals surface area contributed by atoms with Crippen molar-refractivity contribution in [2.24, 2.45) is 0 Å². The first-order valence-electron chi connectivity index (χ1n) is 3.27. The smallest absolute Gasteiger partial charge is 0.332 e. The van der Waals surface area contributed by atoms with Gasteiger partial charge in [-0.05, 0) is 12.1 Å². The molecule has 6 heteroatoms. The summed E-state index contributed by atoms with van der Waals surface area (Å²) in [5.41, 5.74) is 0. The maximum Gasteiger partial charge on any atom is 0.332 e. The number of halogens is 1. The van der Waals surface area contributed by atoms with Gasteiger partial charge in [-0.25, -0.2) is 0 Å². The Balaban J connectivity index is 3.30. The molecule has 0 aliphatic carbocycles. The molecule has 0 unspecified atom stereocenters. The average Bonchev–Trinajstić information content (AvgIpc) is 2.03. The first-order valence-corrected chi connectivity index (χ1v) is 4.65. The predicted molar refractivity (Wildman–Crippen MR) is 43.0 cm³/mol. The number of phenolic OH excluding ortho intramolecular Hbond substituents is 1. The van der Waals surface area contributed by atoms with Crippen molar-refractivity contribution >= 4 is 10.2 Å². The van der Waals surface area contributed by atoms with Crippen LogP contribution in [0.25, 0.3) is 0 Å². The van der Waals surface area contributed by atoms with Crippen LogP contribution in [-0.2, 0) is 10.2 Å². The van der Waals surface area contributed by atoms with Crippen molar-refractivity contribution < 1.29 is 22.1 Å². The number of benzene rings is 1. The van der Waals surface area contributed by atoms with Gasteiger partial charge in [-0.3, -0.25) is 0 Å². The van der Waals surface area contributed by atoms with Gasteiger partial charge in [-0.1, -0.05) is 0 Å². The molecule has 0 aromatic heterocycles. The first kappa shape index (κ1) is 9.79. The zero-order valence-corrected chi connectivity index (χ0v) is 7.51. The zero-order chi connectivity index (χ0) is 10.1. The van der Waals surface area contributed by atoms with Crippen LogP contribution in [0, 0.1) is 0 Å². The number of aromatic hydroxyl groups is 1. The SMILES string of the molecule is COc1cc(S(=O)(=O)F)ccc1O. The minimum atomic E-state index is -4.74. The fourth-order valence-electron chi connectivity index (χ4n) is 0.810. The Bertz CT molecular complexity index is 413. The van der Waals surface area contributed by atoms with Crippen molar-refractivity contribution in [1.82, 2.24) is 0 Å². The Morgan fingerprint density at radius 3 is 2.54 bits per heavy atom. The van der Waals surface area contributed by atoms with Gasteiger partial charge in [-0.2, -0.15) is 8.42 Å². The third-order valence-electron chi connectivity index (χ3n) is 1.43. The van der Waals surface area contributed by atoms with Gasteiger partial charge in [-0.15, -0.1) is 3.89 Å². The van der Waals surface area contributed by atoms with Crippen LogP contribution in [-0.4, -0.2) is 20.6 Å². The average molecular weight is 206 g/mol. The van der Waals surface area contributed by atoms with Gasteiger partial charge < -0.3 is 9.84 Å². The molecule has 0 spiro atoms. The van der Waals surface area contributed by atoms with E-state index in [1.54, 1.807) is 0 Å². The normalized spacial score (nSPS) is 11.2. The lowest BCUT2D eigenvalue weighted by Gasteiger charge is -2.03. The number of methoxy groups -OCH3 is 1. The first-order chi connectivity index (χ1) is 5.95. The van der Waals surface area contributed by atoms with Gasteiger partial charge in [0.1, 0.15) is 4.90 Å². The van der Waals surface area contributed by atoms with E-state index in [4.69, 9.17) is 5.11 Å². The third-order valence-corrected chi connectivity index (χ3v) is 2.25. The quantitative estimate of drug-likeness (QED) is 0.735. The largest absolute Gasteiger partial charge is 0.504 e. The highest BCUT2D eigenvalue weighted by atomic mass is 32.3. The van der Waals surface area contributed by atoms with E-state index in [0.717, 1.165) is 18.2 Å². The second-order valence-corrected chi connectivity index (χ2v) is 3.62. The van der Waals surface area contributed by atoms with Crippen molar-refractivity contribution in [3.8, 4) is 11.5 Å². The summed E-state index contributed by atoms with van der Waals surface area (Å²) in [5.74, 6) is -0.325. The van der Waals surface area contributed by atoms with E-state index in [-0.39, 0.29) is 11.5 Å². The second kappa shape index (κ2) is 3.21. The Kier molecular flexibility index (Phi) is 2.42. The molecule has 0 bridgehead atoms. The van der Waals surface area contributed by atoms with Crippen molar-refractivity contribution in [3.63, 3.8) is 0 Å². The van der Waals surface area contributed by atoms with Crippen LogP contribution >= 0.6 is 0 Å². The molecule has 4 nitrogen and oxygen atoms in total. The molecule has 72 valence electrons. The predicted octanol–water partition coefficient (Wildman–Crippen LogP) is 1.06. The van der Waals surface area contributed by atoms with Gasteiger partial charge in [0.15, 0.2) is 11.5 Å². The van der Waals surface area contributed by atoms with Crippen LogP contribution in [0.1, 0.15) is 0 Å². The van der Waals surface area contributed by atoms with Crippen LogP contribution in [0.4, 0.5) is 3.89 Å². The van der Waals surface area contributed by atoms with Crippen LogP contribution in [0.15, 0.2) is 23.1 Å². The molecule has 0 atom stereocenters. The van der Waals surface area contributed by atoms with Crippen molar-refractivity contribution in [2.45, 2.75) is 4.90 Å². The summed E-state index contributed by atoms with van der Waals surface area (Å²) in [5, 5.41) is 9.06. The molecule has 1 aromatic carbocycles. The fourth-order valence-corrected chi connectivity index (χ4v) is 1.29. The molecule has 0 fully saturated rings. The van der Waals surface area contributed by atoms with E-state index in [1.165, 1.54) is 7.11 Å². The summed E-state index contributed by atoms with van der Waals surface area (Å²) < 4.78 is 37.8. The summed E-state index contributed by atoms with van der Waals surface area (Å²) in [6, 6.07) is 2.91. The highest BCUT2D eigenvalue weighted by molar-refractivity contribution is 7.86.